The van der Waals surface area contributed by atoms with E-state index in [1.807, 2.05) is 51.4 Å². The Morgan fingerprint density at radius 3 is 1.88 bits per heavy atom. The minimum Gasteiger partial charge on any atom is -0.465 e. The minimum atomic E-state index is -0.839. The molecule has 0 bridgehead atoms. The summed E-state index contributed by atoms with van der Waals surface area (Å²) in [5.41, 5.74) is 0. The predicted octanol–water partition coefficient (Wildman–Crippen LogP) is 6.95. The maximum Gasteiger partial charge on any atom is 2.00 e. The van der Waals surface area contributed by atoms with Gasteiger partial charge in [0.2, 0.25) is 0 Å². The third-order valence-electron chi connectivity index (χ3n) is 5.46. The molecule has 0 aromatic carbocycles. The number of unbranched alkanes of at least 4 members (excludes halogenated alkanes) is 3. The molecule has 2 saturated carbocycles. The van der Waals surface area contributed by atoms with Gasteiger partial charge < -0.3 is 20.6 Å². The van der Waals surface area contributed by atoms with Gasteiger partial charge in [-0.25, -0.2) is 6.42 Å². The number of methoxy groups -OCH3 is 1. The first-order valence-electron chi connectivity index (χ1n) is 12.6. The average molecular weight is 605 g/mol. The largest absolute Gasteiger partial charge is 2.00 e. The topological polar surface area (TPSA) is 27.7 Å². The van der Waals surface area contributed by atoms with E-state index in [0.717, 1.165) is 18.9 Å². The summed E-state index contributed by atoms with van der Waals surface area (Å²) in [6, 6.07) is 0. The van der Waals surface area contributed by atoms with Gasteiger partial charge in [-0.3, -0.25) is 0 Å². The van der Waals surface area contributed by atoms with E-state index < -0.39 is 19.8 Å². The van der Waals surface area contributed by atoms with Crippen molar-refractivity contribution in [3.05, 3.63) is 63.7 Å². The van der Waals surface area contributed by atoms with Crippen LogP contribution in [-0.4, -0.2) is 52.5 Å². The Bertz CT molecular complexity index is 361. The van der Waals surface area contributed by atoms with E-state index in [-0.39, 0.29) is 29.5 Å². The van der Waals surface area contributed by atoms with Crippen molar-refractivity contribution < 1.29 is 31.3 Å². The first kappa shape index (κ1) is 34.2. The van der Waals surface area contributed by atoms with E-state index in [1.165, 1.54) is 38.5 Å². The first-order valence-corrected chi connectivity index (χ1v) is 18.7. The Labute approximate surface area is 225 Å². The monoisotopic (exact) mass is 606 g/mol. The van der Waals surface area contributed by atoms with E-state index in [4.69, 9.17) is 14.2 Å². The van der Waals surface area contributed by atoms with Crippen molar-refractivity contribution in [1.29, 1.82) is 0 Å². The maximum atomic E-state index is 5.69. The summed E-state index contributed by atoms with van der Waals surface area (Å²) in [5.74, 6) is 0.964. The van der Waals surface area contributed by atoms with Gasteiger partial charge in [0.1, 0.15) is 6.29 Å². The van der Waals surface area contributed by atoms with Crippen molar-refractivity contribution in [2.24, 2.45) is 0 Å². The Morgan fingerprint density at radius 1 is 0.909 bits per heavy atom. The molecule has 0 aromatic heterocycles. The van der Waals surface area contributed by atoms with E-state index >= 15 is 0 Å². The van der Waals surface area contributed by atoms with Crippen LogP contribution in [0.4, 0.5) is 0 Å². The van der Waals surface area contributed by atoms with Crippen LogP contribution in [0, 0.1) is 63.7 Å². The molecule has 33 heavy (non-hydrogen) atoms. The molecule has 0 aromatic rings. The van der Waals surface area contributed by atoms with Crippen LogP contribution in [0.25, 0.3) is 0 Å². The normalized spacial score (nSPS) is 22.5. The first-order chi connectivity index (χ1) is 15.7. The molecule has 3 nitrogen and oxygen atoms in total. The standard InChI is InChI=1S/C11H14O3.C5H5.3C4H9.Fe.Sn/c1-12-8-10-6-7-13-11(14-10)9-4-2-3-5-9;1-2-4-5-3-1;3*1-3-4-2;;/h2-4,10-11H,6-8H2,1H3;1-5H;3*1,3-4H2,2H3;;/q-1;;;;;+2;+1/t10-,11-;;;;;;/m0....../s1. The van der Waals surface area contributed by atoms with Crippen LogP contribution in [0.15, 0.2) is 0 Å². The van der Waals surface area contributed by atoms with Crippen molar-refractivity contribution in [3.8, 4) is 0 Å². The van der Waals surface area contributed by atoms with Crippen molar-refractivity contribution in [3.63, 3.8) is 0 Å². The van der Waals surface area contributed by atoms with Crippen LogP contribution < -0.4 is 0 Å². The fourth-order valence-electron chi connectivity index (χ4n) is 3.53. The van der Waals surface area contributed by atoms with Crippen molar-refractivity contribution >= 4 is 19.8 Å². The fourth-order valence-corrected chi connectivity index (χ4v) is 13.0. The molecular weight excluding hydrogens is 559 g/mol. The molecule has 0 spiro atoms. The van der Waals surface area contributed by atoms with Gasteiger partial charge in [0.05, 0.1) is 19.3 Å². The van der Waals surface area contributed by atoms with E-state index in [2.05, 4.69) is 27.2 Å². The molecular formula is C28H46FeO3Sn+2. The van der Waals surface area contributed by atoms with Crippen LogP contribution in [0.2, 0.25) is 13.3 Å². The smallest absolute Gasteiger partial charge is 0.465 e. The molecule has 186 valence electrons. The Balaban J connectivity index is 0.000000502. The summed E-state index contributed by atoms with van der Waals surface area (Å²) in [6.07, 6.45) is 28.4. The van der Waals surface area contributed by atoms with Crippen molar-refractivity contribution in [2.75, 3.05) is 20.3 Å². The summed E-state index contributed by atoms with van der Waals surface area (Å²) in [5, 5.41) is 0. The van der Waals surface area contributed by atoms with E-state index in [9.17, 15) is 0 Å². The maximum absolute atomic E-state index is 5.69. The molecule has 1 saturated heterocycles. The molecule has 10 radical (unpaired) electrons. The number of ether oxygens (including phenoxy) is 3. The number of hydrogen-bond acceptors (Lipinski definition) is 3. The number of rotatable bonds is 12. The zero-order valence-electron chi connectivity index (χ0n) is 21.3. The quantitative estimate of drug-likeness (QED) is 0.178. The van der Waals surface area contributed by atoms with Crippen molar-refractivity contribution in [1.82, 2.24) is 0 Å². The van der Waals surface area contributed by atoms with Crippen LogP contribution in [-0.2, 0) is 31.3 Å². The van der Waals surface area contributed by atoms with E-state index in [0.29, 0.717) is 6.61 Å². The molecule has 0 amide bonds. The second-order valence-electron chi connectivity index (χ2n) is 8.35. The second kappa shape index (κ2) is 24.9. The zero-order chi connectivity index (χ0) is 23.3. The Hall–Kier alpha value is 1.20. The molecule has 1 heterocycles. The molecule has 5 heteroatoms. The second-order valence-corrected chi connectivity index (χ2v) is 16.9. The third kappa shape index (κ3) is 18.1. The van der Waals surface area contributed by atoms with Gasteiger partial charge in [-0.2, -0.15) is 0 Å². The zero-order valence-corrected chi connectivity index (χ0v) is 25.3. The Morgan fingerprint density at radius 2 is 1.45 bits per heavy atom. The molecule has 2 aliphatic carbocycles. The van der Waals surface area contributed by atoms with Gasteiger partial charge in [-0.1, -0.05) is 12.8 Å². The van der Waals surface area contributed by atoms with Gasteiger partial charge in [-0.05, 0) is 38.5 Å². The summed E-state index contributed by atoms with van der Waals surface area (Å²) < 4.78 is 21.3. The van der Waals surface area contributed by atoms with Gasteiger partial charge in [-0.15, -0.1) is 5.92 Å². The summed E-state index contributed by atoms with van der Waals surface area (Å²) in [7, 11) is 1.68. The van der Waals surface area contributed by atoms with Crippen molar-refractivity contribution in [2.45, 2.75) is 91.4 Å². The number of hydrogen-bond donors (Lipinski definition) is 0. The minimum absolute atomic E-state index is 0. The molecule has 2 atom stereocenters. The van der Waals surface area contributed by atoms with Crippen LogP contribution in [0.1, 0.15) is 65.7 Å². The Kier molecular flexibility index (Phi) is 25.8. The van der Waals surface area contributed by atoms with Gasteiger partial charge >= 0.3 is 109 Å². The SMILES string of the molecule is CCC[CH2][Sn+]([CH2]CCC)[CH2]CCC.COC[C@@H]1CCO[C@H]([C]2[C-][CH][CH][CH]2)O1.[CH]1[CH][CH][CH][CH]1.[Fe+2]. The predicted molar refractivity (Wildman–Crippen MR) is 137 cm³/mol. The summed E-state index contributed by atoms with van der Waals surface area (Å²) in [4.78, 5) is 0. The molecule has 1 aliphatic heterocycles. The summed E-state index contributed by atoms with van der Waals surface area (Å²) >= 11 is -0.839. The molecule has 3 fully saturated rings. The summed E-state index contributed by atoms with van der Waals surface area (Å²) in [6.45, 7) is 8.35. The van der Waals surface area contributed by atoms with Crippen LogP contribution >= 0.6 is 0 Å². The van der Waals surface area contributed by atoms with Crippen LogP contribution in [0.3, 0.4) is 0 Å². The molecule has 0 unspecified atom stereocenters. The van der Waals surface area contributed by atoms with Crippen LogP contribution in [0.5, 0.6) is 0 Å². The third-order valence-corrected chi connectivity index (χ3v) is 14.5. The fraction of sp³-hybridized carbons (Fsp3) is 0.643. The van der Waals surface area contributed by atoms with E-state index in [1.54, 1.807) is 20.4 Å². The molecule has 3 aliphatic rings. The molecule has 0 N–H and O–H groups in total. The van der Waals surface area contributed by atoms with Gasteiger partial charge in [0.25, 0.3) is 0 Å². The molecule has 3 rings (SSSR count). The van der Waals surface area contributed by atoms with Gasteiger partial charge in [0.15, 0.2) is 0 Å². The average Bonchev–Trinajstić information content (AvgIpc) is 3.57. The van der Waals surface area contributed by atoms with Gasteiger partial charge in [0, 0.05) is 7.11 Å².